The van der Waals surface area contributed by atoms with Crippen LogP contribution in [0.1, 0.15) is 18.4 Å². The number of aromatic nitrogens is 1. The van der Waals surface area contributed by atoms with Crippen LogP contribution in [0.15, 0.2) is 50.5 Å². The summed E-state index contributed by atoms with van der Waals surface area (Å²) < 4.78 is 44.9. The van der Waals surface area contributed by atoms with Crippen LogP contribution in [0.4, 0.5) is 0 Å². The Morgan fingerprint density at radius 1 is 1.15 bits per heavy atom. The molecule has 1 fully saturated rings. The van der Waals surface area contributed by atoms with Crippen molar-refractivity contribution in [2.45, 2.75) is 24.3 Å². The fourth-order valence-corrected chi connectivity index (χ4v) is 5.72. The summed E-state index contributed by atoms with van der Waals surface area (Å²) in [6, 6.07) is 9.82. The van der Waals surface area contributed by atoms with Gasteiger partial charge in [0.2, 0.25) is 22.7 Å². The van der Waals surface area contributed by atoms with Crippen molar-refractivity contribution in [3.05, 3.63) is 52.5 Å². The van der Waals surface area contributed by atoms with Crippen LogP contribution < -0.4 is 20.5 Å². The third-order valence-corrected chi connectivity index (χ3v) is 7.92. The lowest BCUT2D eigenvalue weighted by Crippen LogP contribution is -2.45. The summed E-state index contributed by atoms with van der Waals surface area (Å²) in [6.07, 6.45) is 1.18. The first-order valence-electron chi connectivity index (χ1n) is 10.6. The van der Waals surface area contributed by atoms with E-state index >= 15 is 0 Å². The number of hydrogen-bond donors (Lipinski definition) is 1. The number of benzene rings is 2. The van der Waals surface area contributed by atoms with Gasteiger partial charge in [-0.05, 0) is 42.7 Å². The summed E-state index contributed by atoms with van der Waals surface area (Å²) in [6.45, 7) is 0.903. The largest absolute Gasteiger partial charge is 0.454 e. The molecular weight excluding hydrogens is 450 g/mol. The third-order valence-electron chi connectivity index (χ3n) is 6.06. The fourth-order valence-electron chi connectivity index (χ4n) is 4.18. The van der Waals surface area contributed by atoms with Gasteiger partial charge in [-0.25, -0.2) is 13.2 Å². The van der Waals surface area contributed by atoms with Gasteiger partial charge in [-0.3, -0.25) is 9.36 Å². The van der Waals surface area contributed by atoms with E-state index in [9.17, 15) is 18.0 Å². The van der Waals surface area contributed by atoms with Gasteiger partial charge >= 0.3 is 5.76 Å². The van der Waals surface area contributed by atoms with Crippen molar-refractivity contribution >= 4 is 27.0 Å². The normalized spacial score (nSPS) is 18.5. The molecule has 5 rings (SSSR count). The number of oxazole rings is 1. The number of rotatable bonds is 5. The summed E-state index contributed by atoms with van der Waals surface area (Å²) in [5, 5.41) is 2.90. The molecule has 10 nitrogen and oxygen atoms in total. The molecule has 1 aromatic heterocycles. The number of hydrogen-bond acceptors (Lipinski definition) is 7. The van der Waals surface area contributed by atoms with E-state index in [0.717, 1.165) is 5.56 Å². The SMILES string of the molecule is Cn1c(=O)oc2cc(S(=O)(=O)N3CCC[C@H](C(=O)NCc4ccc5c(c4)OCO5)C3)ccc21. The Balaban J connectivity index is 1.27. The van der Waals surface area contributed by atoms with Crippen molar-refractivity contribution in [1.82, 2.24) is 14.2 Å². The van der Waals surface area contributed by atoms with Crippen molar-refractivity contribution < 1.29 is 27.1 Å². The van der Waals surface area contributed by atoms with E-state index in [-0.39, 0.29) is 29.7 Å². The summed E-state index contributed by atoms with van der Waals surface area (Å²) in [7, 11) is -2.29. The Kier molecular flexibility index (Phi) is 5.37. The minimum absolute atomic E-state index is 0.0331. The van der Waals surface area contributed by atoms with Crippen LogP contribution in [-0.4, -0.2) is 43.1 Å². The van der Waals surface area contributed by atoms with Crippen LogP contribution in [0.3, 0.4) is 0 Å². The highest BCUT2D eigenvalue weighted by Gasteiger charge is 2.33. The number of fused-ring (bicyclic) bond motifs is 2. The first-order chi connectivity index (χ1) is 15.8. The van der Waals surface area contributed by atoms with Gasteiger partial charge in [-0.15, -0.1) is 0 Å². The average molecular weight is 474 g/mol. The number of nitrogens with zero attached hydrogens (tertiary/aromatic N) is 2. The van der Waals surface area contributed by atoms with E-state index in [0.29, 0.717) is 42.9 Å². The van der Waals surface area contributed by atoms with E-state index in [1.165, 1.54) is 21.0 Å². The number of amides is 1. The zero-order valence-electron chi connectivity index (χ0n) is 17.9. The van der Waals surface area contributed by atoms with Crippen LogP contribution in [0.25, 0.3) is 11.1 Å². The molecule has 3 heterocycles. The van der Waals surface area contributed by atoms with Crippen LogP contribution in [0.2, 0.25) is 0 Å². The summed E-state index contributed by atoms with van der Waals surface area (Å²) in [4.78, 5) is 24.5. The van der Waals surface area contributed by atoms with Crippen molar-refractivity contribution in [1.29, 1.82) is 0 Å². The second kappa shape index (κ2) is 8.23. The number of ether oxygens (including phenoxy) is 2. The van der Waals surface area contributed by atoms with Gasteiger partial charge < -0.3 is 19.2 Å². The van der Waals surface area contributed by atoms with E-state index in [2.05, 4.69) is 5.32 Å². The van der Waals surface area contributed by atoms with Crippen LogP contribution in [0.5, 0.6) is 11.5 Å². The molecule has 2 aliphatic rings. The molecule has 0 saturated carbocycles. The predicted molar refractivity (Wildman–Crippen MR) is 117 cm³/mol. The van der Waals surface area contributed by atoms with Gasteiger partial charge in [0.1, 0.15) is 0 Å². The quantitative estimate of drug-likeness (QED) is 0.597. The molecule has 174 valence electrons. The second-order valence-corrected chi connectivity index (χ2v) is 10.1. The second-order valence-electron chi connectivity index (χ2n) is 8.16. The van der Waals surface area contributed by atoms with Gasteiger partial charge in [-0.1, -0.05) is 6.07 Å². The van der Waals surface area contributed by atoms with Crippen molar-refractivity contribution in [2.75, 3.05) is 19.9 Å². The maximum Gasteiger partial charge on any atom is 0.419 e. The maximum absolute atomic E-state index is 13.2. The predicted octanol–water partition coefficient (Wildman–Crippen LogP) is 1.58. The Morgan fingerprint density at radius 2 is 1.97 bits per heavy atom. The van der Waals surface area contributed by atoms with Crippen molar-refractivity contribution in [3.8, 4) is 11.5 Å². The van der Waals surface area contributed by atoms with E-state index in [4.69, 9.17) is 13.9 Å². The number of carbonyl (C=O) groups excluding carboxylic acids is 1. The maximum atomic E-state index is 13.2. The molecule has 1 atom stereocenters. The minimum atomic E-state index is -3.85. The van der Waals surface area contributed by atoms with Crippen molar-refractivity contribution in [2.24, 2.45) is 13.0 Å². The lowest BCUT2D eigenvalue weighted by molar-refractivity contribution is -0.126. The highest BCUT2D eigenvalue weighted by Crippen LogP contribution is 2.32. The molecule has 2 aromatic carbocycles. The Labute approximate surface area is 189 Å². The minimum Gasteiger partial charge on any atom is -0.454 e. The van der Waals surface area contributed by atoms with Gasteiger partial charge in [0, 0.05) is 32.7 Å². The summed E-state index contributed by atoms with van der Waals surface area (Å²) in [5.41, 5.74) is 1.59. The molecule has 0 unspecified atom stereocenters. The third kappa shape index (κ3) is 3.98. The topological polar surface area (TPSA) is 120 Å². The highest BCUT2D eigenvalue weighted by molar-refractivity contribution is 7.89. The van der Waals surface area contributed by atoms with Gasteiger partial charge in [0.05, 0.1) is 16.3 Å². The Morgan fingerprint density at radius 3 is 2.82 bits per heavy atom. The number of nitrogens with one attached hydrogen (secondary N) is 1. The molecule has 33 heavy (non-hydrogen) atoms. The molecule has 0 spiro atoms. The highest BCUT2D eigenvalue weighted by atomic mass is 32.2. The molecule has 1 amide bonds. The van der Waals surface area contributed by atoms with Gasteiger partial charge in [0.25, 0.3) is 0 Å². The van der Waals surface area contributed by atoms with E-state index in [1.54, 1.807) is 19.2 Å². The van der Waals surface area contributed by atoms with Crippen LogP contribution >= 0.6 is 0 Å². The molecule has 1 saturated heterocycles. The molecule has 3 aromatic rings. The zero-order chi connectivity index (χ0) is 23.2. The van der Waals surface area contributed by atoms with Crippen LogP contribution in [-0.2, 0) is 28.4 Å². The fraction of sp³-hybridized carbons (Fsp3) is 0.364. The first kappa shape index (κ1) is 21.5. The Hall–Kier alpha value is -3.31. The molecule has 0 radical (unpaired) electrons. The Bertz CT molecular complexity index is 1390. The molecule has 11 heteroatoms. The molecule has 0 aliphatic carbocycles. The summed E-state index contributed by atoms with van der Waals surface area (Å²) in [5.74, 6) is 0.101. The first-order valence-corrected chi connectivity index (χ1v) is 12.0. The molecule has 1 N–H and O–H groups in total. The summed E-state index contributed by atoms with van der Waals surface area (Å²) >= 11 is 0. The smallest absolute Gasteiger partial charge is 0.419 e. The molecule has 2 aliphatic heterocycles. The number of sulfonamides is 1. The standard InChI is InChI=1S/C22H23N3O7S/c1-24-17-6-5-16(10-19(17)32-22(24)27)33(28,29)25-8-2-3-15(12-25)21(26)23-11-14-4-7-18-20(9-14)31-13-30-18/h4-7,9-10,15H,2-3,8,11-13H2,1H3,(H,23,26)/t15-/m0/s1. The van der Waals surface area contributed by atoms with Gasteiger partial charge in [0.15, 0.2) is 17.1 Å². The monoisotopic (exact) mass is 473 g/mol. The lowest BCUT2D eigenvalue weighted by Gasteiger charge is -2.31. The number of piperidine rings is 1. The van der Waals surface area contributed by atoms with Gasteiger partial charge in [-0.2, -0.15) is 4.31 Å². The van der Waals surface area contributed by atoms with Crippen LogP contribution in [0, 0.1) is 5.92 Å². The molecule has 0 bridgehead atoms. The average Bonchev–Trinajstić information content (AvgIpc) is 3.40. The van der Waals surface area contributed by atoms with E-state index < -0.39 is 21.7 Å². The number of aryl methyl sites for hydroxylation is 1. The lowest BCUT2D eigenvalue weighted by atomic mass is 9.98. The molecular formula is C22H23N3O7S. The van der Waals surface area contributed by atoms with E-state index in [1.807, 2.05) is 12.1 Å². The number of carbonyl (C=O) groups is 1. The zero-order valence-corrected chi connectivity index (χ0v) is 18.8. The van der Waals surface area contributed by atoms with Crippen molar-refractivity contribution in [3.63, 3.8) is 0 Å².